The highest BCUT2D eigenvalue weighted by Gasteiger charge is 2.29. The number of rotatable bonds is 7. The molecular formula is C21H22N2O7. The predicted octanol–water partition coefficient (Wildman–Crippen LogP) is 2.80. The van der Waals surface area contributed by atoms with Crippen molar-refractivity contribution in [2.45, 2.75) is 0 Å². The number of ether oxygens (including phenoxy) is 5. The van der Waals surface area contributed by atoms with Crippen LogP contribution in [0.4, 0.5) is 5.69 Å². The Morgan fingerprint density at radius 1 is 0.900 bits per heavy atom. The molecule has 0 atom stereocenters. The van der Waals surface area contributed by atoms with E-state index in [2.05, 4.69) is 4.98 Å². The van der Waals surface area contributed by atoms with Crippen LogP contribution in [0.2, 0.25) is 0 Å². The Balaban J connectivity index is 2.33. The van der Waals surface area contributed by atoms with Crippen LogP contribution in [0.1, 0.15) is 26.4 Å². The first-order valence-corrected chi connectivity index (χ1v) is 8.82. The molecular weight excluding hydrogens is 392 g/mol. The van der Waals surface area contributed by atoms with Gasteiger partial charge in [0.2, 0.25) is 5.75 Å². The maximum absolute atomic E-state index is 13.6. The number of ketones is 1. The van der Waals surface area contributed by atoms with Crippen LogP contribution in [0.3, 0.4) is 0 Å². The van der Waals surface area contributed by atoms with Crippen molar-refractivity contribution in [3.63, 3.8) is 0 Å². The largest absolute Gasteiger partial charge is 0.497 e. The first-order valence-electron chi connectivity index (χ1n) is 8.82. The fourth-order valence-electron chi connectivity index (χ4n) is 3.29. The molecule has 0 aliphatic rings. The van der Waals surface area contributed by atoms with E-state index in [0.29, 0.717) is 16.7 Å². The Hall–Kier alpha value is -3.88. The number of aromatic nitrogens is 1. The molecule has 0 unspecified atom stereocenters. The van der Waals surface area contributed by atoms with E-state index in [0.717, 1.165) is 0 Å². The highest BCUT2D eigenvalue weighted by Crippen LogP contribution is 2.44. The maximum atomic E-state index is 13.6. The lowest BCUT2D eigenvalue weighted by Crippen LogP contribution is -2.13. The van der Waals surface area contributed by atoms with Gasteiger partial charge in [0.1, 0.15) is 11.4 Å². The summed E-state index contributed by atoms with van der Waals surface area (Å²) in [4.78, 5) is 28.9. The second-order valence-corrected chi connectivity index (χ2v) is 6.21. The first kappa shape index (κ1) is 20.8. The highest BCUT2D eigenvalue weighted by molar-refractivity contribution is 6.23. The molecule has 3 N–H and O–H groups in total. The molecule has 0 saturated heterocycles. The van der Waals surface area contributed by atoms with E-state index in [1.165, 1.54) is 41.6 Å². The van der Waals surface area contributed by atoms with Crippen LogP contribution >= 0.6 is 0 Å². The van der Waals surface area contributed by atoms with E-state index in [9.17, 15) is 9.59 Å². The van der Waals surface area contributed by atoms with E-state index in [1.807, 2.05) is 0 Å². The molecule has 0 radical (unpaired) electrons. The summed E-state index contributed by atoms with van der Waals surface area (Å²) < 4.78 is 26.1. The maximum Gasteiger partial charge on any atom is 0.355 e. The molecule has 0 saturated carbocycles. The first-order chi connectivity index (χ1) is 14.4. The van der Waals surface area contributed by atoms with Crippen molar-refractivity contribution in [3.05, 3.63) is 41.1 Å². The summed E-state index contributed by atoms with van der Waals surface area (Å²) in [6.45, 7) is 0. The van der Waals surface area contributed by atoms with Crippen LogP contribution in [0.5, 0.6) is 23.0 Å². The van der Waals surface area contributed by atoms with E-state index in [-0.39, 0.29) is 39.8 Å². The minimum Gasteiger partial charge on any atom is -0.497 e. The van der Waals surface area contributed by atoms with Crippen LogP contribution < -0.4 is 24.7 Å². The lowest BCUT2D eigenvalue weighted by atomic mass is 9.97. The molecule has 9 nitrogen and oxygen atoms in total. The van der Waals surface area contributed by atoms with Crippen LogP contribution in [0.15, 0.2) is 24.3 Å². The van der Waals surface area contributed by atoms with Gasteiger partial charge in [-0.2, -0.15) is 0 Å². The minimum absolute atomic E-state index is 0.00101. The van der Waals surface area contributed by atoms with Crippen LogP contribution in [0, 0.1) is 0 Å². The molecule has 0 aliphatic carbocycles. The quantitative estimate of drug-likeness (QED) is 0.344. The number of esters is 1. The molecule has 0 spiro atoms. The number of aromatic amines is 1. The highest BCUT2D eigenvalue weighted by atomic mass is 16.5. The van der Waals surface area contributed by atoms with Crippen LogP contribution in [0.25, 0.3) is 10.9 Å². The zero-order chi connectivity index (χ0) is 22.0. The SMILES string of the molecule is COC(=O)c1[nH]c2ccc(OC)cc2c1C(=O)c1cc(OC)c(OC)c(OC)c1N. The zero-order valence-electron chi connectivity index (χ0n) is 17.2. The number of carbonyl (C=O) groups is 2. The molecule has 3 rings (SSSR count). The van der Waals surface area contributed by atoms with Gasteiger partial charge < -0.3 is 34.4 Å². The number of nitrogens with two attached hydrogens (primary N) is 1. The second kappa shape index (κ2) is 8.24. The Morgan fingerprint density at radius 2 is 1.60 bits per heavy atom. The van der Waals surface area contributed by atoms with E-state index >= 15 is 0 Å². The smallest absolute Gasteiger partial charge is 0.355 e. The van der Waals surface area contributed by atoms with Crippen molar-refractivity contribution in [2.75, 3.05) is 41.3 Å². The van der Waals surface area contributed by atoms with Crippen molar-refractivity contribution in [3.8, 4) is 23.0 Å². The number of nitrogen functional groups attached to an aromatic ring is 1. The molecule has 30 heavy (non-hydrogen) atoms. The molecule has 9 heteroatoms. The van der Waals surface area contributed by atoms with Gasteiger partial charge in [0.25, 0.3) is 0 Å². The monoisotopic (exact) mass is 414 g/mol. The number of fused-ring (bicyclic) bond motifs is 1. The van der Waals surface area contributed by atoms with Gasteiger partial charge in [-0.05, 0) is 24.3 Å². The predicted molar refractivity (Wildman–Crippen MR) is 110 cm³/mol. The summed E-state index contributed by atoms with van der Waals surface area (Å²) in [5, 5.41) is 0.480. The molecule has 0 aliphatic heterocycles. The number of H-pyrrole nitrogens is 1. The summed E-state index contributed by atoms with van der Waals surface area (Å²) in [7, 11) is 7.00. The summed E-state index contributed by atoms with van der Waals surface area (Å²) in [5.41, 5.74) is 7.01. The van der Waals surface area contributed by atoms with Crippen molar-refractivity contribution in [2.24, 2.45) is 0 Å². The molecule has 0 amide bonds. The van der Waals surface area contributed by atoms with E-state index in [1.54, 1.807) is 18.2 Å². The normalized spacial score (nSPS) is 10.6. The molecule has 0 fully saturated rings. The van der Waals surface area contributed by atoms with Gasteiger partial charge in [-0.15, -0.1) is 0 Å². The number of carbonyl (C=O) groups excluding carboxylic acids is 2. The lowest BCUT2D eigenvalue weighted by molar-refractivity contribution is 0.0592. The van der Waals surface area contributed by atoms with Gasteiger partial charge in [0.05, 0.1) is 52.4 Å². The van der Waals surface area contributed by atoms with Crippen molar-refractivity contribution in [1.82, 2.24) is 4.98 Å². The standard InChI is InChI=1S/C21H22N2O7/c1-26-10-6-7-13-11(8-10)15(17(23-13)21(25)30-5)18(24)12-9-14(27-2)19(28-3)20(29-4)16(12)22/h6-9,23H,22H2,1-5H3. The zero-order valence-corrected chi connectivity index (χ0v) is 17.2. The summed E-state index contributed by atoms with van der Waals surface area (Å²) in [5.74, 6) is -0.0416. The number of anilines is 1. The van der Waals surface area contributed by atoms with Crippen LogP contribution in [-0.4, -0.2) is 52.3 Å². The third kappa shape index (κ3) is 3.24. The van der Waals surface area contributed by atoms with Gasteiger partial charge in [-0.25, -0.2) is 4.79 Å². The molecule has 3 aromatic rings. The Labute approximate surface area is 172 Å². The number of hydrogen-bond acceptors (Lipinski definition) is 8. The van der Waals surface area contributed by atoms with Gasteiger partial charge in [-0.1, -0.05) is 0 Å². The van der Waals surface area contributed by atoms with E-state index in [4.69, 9.17) is 29.4 Å². The molecule has 158 valence electrons. The summed E-state index contributed by atoms with van der Waals surface area (Å²) >= 11 is 0. The number of benzene rings is 2. The Morgan fingerprint density at radius 3 is 2.17 bits per heavy atom. The molecule has 1 aromatic heterocycles. The van der Waals surface area contributed by atoms with Gasteiger partial charge in [0, 0.05) is 10.9 Å². The molecule has 1 heterocycles. The average molecular weight is 414 g/mol. The average Bonchev–Trinajstić information content (AvgIpc) is 3.16. The Bertz CT molecular complexity index is 1130. The third-order valence-electron chi connectivity index (χ3n) is 4.74. The second-order valence-electron chi connectivity index (χ2n) is 6.21. The van der Waals surface area contributed by atoms with Crippen molar-refractivity contribution >= 4 is 28.3 Å². The van der Waals surface area contributed by atoms with Crippen molar-refractivity contribution < 1.29 is 33.3 Å². The fourth-order valence-corrected chi connectivity index (χ4v) is 3.29. The Kier molecular flexibility index (Phi) is 5.72. The number of hydrogen-bond donors (Lipinski definition) is 2. The van der Waals surface area contributed by atoms with E-state index < -0.39 is 11.8 Å². The molecule has 2 aromatic carbocycles. The fraction of sp³-hybridized carbons (Fsp3) is 0.238. The number of methoxy groups -OCH3 is 5. The summed E-state index contributed by atoms with van der Waals surface area (Å²) in [6, 6.07) is 6.51. The van der Waals surface area contributed by atoms with Gasteiger partial charge in [-0.3, -0.25) is 4.79 Å². The van der Waals surface area contributed by atoms with Crippen molar-refractivity contribution in [1.29, 1.82) is 0 Å². The molecule has 0 bridgehead atoms. The third-order valence-corrected chi connectivity index (χ3v) is 4.74. The number of nitrogens with one attached hydrogen (secondary N) is 1. The summed E-state index contributed by atoms with van der Waals surface area (Å²) in [6.07, 6.45) is 0. The minimum atomic E-state index is -0.695. The van der Waals surface area contributed by atoms with Gasteiger partial charge in [0.15, 0.2) is 17.3 Å². The van der Waals surface area contributed by atoms with Crippen LogP contribution in [-0.2, 0) is 4.74 Å². The topological polar surface area (TPSA) is 122 Å². The lowest BCUT2D eigenvalue weighted by Gasteiger charge is -2.17. The van der Waals surface area contributed by atoms with Gasteiger partial charge >= 0.3 is 5.97 Å².